The third-order valence-electron chi connectivity index (χ3n) is 3.90. The predicted octanol–water partition coefficient (Wildman–Crippen LogP) is 2.28. The Morgan fingerprint density at radius 3 is 2.68 bits per heavy atom. The number of carbonyl (C=O) groups excluding carboxylic acids is 1. The number of aliphatic carboxylic acids is 1. The number of carboxylic acids is 1. The van der Waals surface area contributed by atoms with E-state index in [9.17, 15) is 9.59 Å². The quantitative estimate of drug-likeness (QED) is 0.769. The van der Waals surface area contributed by atoms with Gasteiger partial charge in [0.2, 0.25) is 5.91 Å². The van der Waals surface area contributed by atoms with Crippen LogP contribution in [0.2, 0.25) is 5.02 Å². The Morgan fingerprint density at radius 1 is 1.41 bits per heavy atom. The largest absolute Gasteiger partial charge is 0.480 e. The van der Waals surface area contributed by atoms with Crippen LogP contribution in [0.25, 0.3) is 0 Å². The second-order valence-corrected chi connectivity index (χ2v) is 6.01. The van der Waals surface area contributed by atoms with Crippen LogP contribution in [0, 0.1) is 0 Å². The van der Waals surface area contributed by atoms with Gasteiger partial charge in [0.15, 0.2) is 0 Å². The topological polar surface area (TPSA) is 69.6 Å². The highest BCUT2D eigenvalue weighted by Crippen LogP contribution is 2.28. The smallest absolute Gasteiger partial charge is 0.320 e. The molecule has 0 spiro atoms. The minimum Gasteiger partial charge on any atom is -0.480 e. The average Bonchev–Trinajstić information content (AvgIpc) is 3.31. The van der Waals surface area contributed by atoms with Gasteiger partial charge in [-0.1, -0.05) is 29.8 Å². The zero-order valence-corrected chi connectivity index (χ0v) is 13.3. The van der Waals surface area contributed by atoms with E-state index >= 15 is 0 Å². The van der Waals surface area contributed by atoms with E-state index in [2.05, 4.69) is 5.32 Å². The van der Waals surface area contributed by atoms with Crippen molar-refractivity contribution in [3.05, 3.63) is 34.9 Å². The van der Waals surface area contributed by atoms with Crippen LogP contribution in [0.4, 0.5) is 0 Å². The number of nitrogens with one attached hydrogen (secondary N) is 1. The van der Waals surface area contributed by atoms with Gasteiger partial charge in [-0.05, 0) is 31.4 Å². The molecule has 1 aromatic carbocycles. The monoisotopic (exact) mass is 324 g/mol. The molecule has 1 aliphatic carbocycles. The first kappa shape index (κ1) is 16.8. The predicted molar refractivity (Wildman–Crippen MR) is 84.7 cm³/mol. The SMILES string of the molecule is CC(C(=O)O)N(CCC(=O)NCc1ccccc1Cl)C1CC1. The molecule has 0 heterocycles. The molecule has 0 aromatic heterocycles. The number of amides is 1. The molecule has 5 nitrogen and oxygen atoms in total. The molecule has 22 heavy (non-hydrogen) atoms. The minimum absolute atomic E-state index is 0.0943. The first-order valence-corrected chi connectivity index (χ1v) is 7.85. The summed E-state index contributed by atoms with van der Waals surface area (Å²) < 4.78 is 0. The van der Waals surface area contributed by atoms with E-state index in [-0.39, 0.29) is 5.91 Å². The lowest BCUT2D eigenvalue weighted by Gasteiger charge is -2.25. The van der Waals surface area contributed by atoms with Gasteiger partial charge in [0.1, 0.15) is 6.04 Å². The molecule has 2 N–H and O–H groups in total. The maximum Gasteiger partial charge on any atom is 0.320 e. The molecule has 1 aromatic rings. The highest BCUT2D eigenvalue weighted by molar-refractivity contribution is 6.31. The van der Waals surface area contributed by atoms with E-state index in [1.165, 1.54) is 0 Å². The molecule has 1 unspecified atom stereocenters. The molecule has 0 saturated heterocycles. The van der Waals surface area contributed by atoms with E-state index in [1.807, 2.05) is 23.1 Å². The summed E-state index contributed by atoms with van der Waals surface area (Å²) in [5, 5.41) is 12.6. The summed E-state index contributed by atoms with van der Waals surface area (Å²) in [4.78, 5) is 24.9. The second-order valence-electron chi connectivity index (χ2n) is 5.60. The molecule has 0 aliphatic heterocycles. The lowest BCUT2D eigenvalue weighted by molar-refractivity contribution is -0.143. The normalized spacial score (nSPS) is 15.6. The van der Waals surface area contributed by atoms with E-state index in [1.54, 1.807) is 13.0 Å². The van der Waals surface area contributed by atoms with Crippen molar-refractivity contribution >= 4 is 23.5 Å². The fraction of sp³-hybridized carbons (Fsp3) is 0.500. The molecule has 1 atom stereocenters. The number of nitrogens with zero attached hydrogens (tertiary/aromatic N) is 1. The molecule has 2 rings (SSSR count). The molecule has 1 fully saturated rings. The molecule has 1 aliphatic rings. The second kappa shape index (κ2) is 7.61. The Labute approximate surface area is 135 Å². The van der Waals surface area contributed by atoms with Gasteiger partial charge in [0.25, 0.3) is 0 Å². The van der Waals surface area contributed by atoms with E-state index in [0.717, 1.165) is 18.4 Å². The van der Waals surface area contributed by atoms with Crippen molar-refractivity contribution < 1.29 is 14.7 Å². The zero-order chi connectivity index (χ0) is 16.1. The Morgan fingerprint density at radius 2 is 2.09 bits per heavy atom. The van der Waals surface area contributed by atoms with E-state index < -0.39 is 12.0 Å². The van der Waals surface area contributed by atoms with Gasteiger partial charge < -0.3 is 10.4 Å². The number of carbonyl (C=O) groups is 2. The maximum absolute atomic E-state index is 11.9. The van der Waals surface area contributed by atoms with Crippen molar-refractivity contribution in [3.8, 4) is 0 Å². The number of rotatable bonds is 8. The molecule has 0 radical (unpaired) electrons. The number of halogens is 1. The molecular formula is C16H21ClN2O3. The van der Waals surface area contributed by atoms with Crippen molar-refractivity contribution in [3.63, 3.8) is 0 Å². The summed E-state index contributed by atoms with van der Waals surface area (Å²) in [6.07, 6.45) is 2.32. The Kier molecular flexibility index (Phi) is 5.80. The first-order chi connectivity index (χ1) is 10.5. The maximum atomic E-state index is 11.9. The number of carboxylic acid groups (broad SMARTS) is 1. The van der Waals surface area contributed by atoms with Gasteiger partial charge in [-0.15, -0.1) is 0 Å². The van der Waals surface area contributed by atoms with Crippen molar-refractivity contribution in [2.24, 2.45) is 0 Å². The highest BCUT2D eigenvalue weighted by Gasteiger charge is 2.34. The van der Waals surface area contributed by atoms with Crippen LogP contribution in [-0.4, -0.2) is 40.5 Å². The van der Waals surface area contributed by atoms with Crippen LogP contribution >= 0.6 is 11.6 Å². The van der Waals surface area contributed by atoms with Crippen molar-refractivity contribution in [1.82, 2.24) is 10.2 Å². The summed E-state index contributed by atoms with van der Waals surface area (Å²) in [6.45, 7) is 2.52. The summed E-state index contributed by atoms with van der Waals surface area (Å²) in [7, 11) is 0. The number of hydrogen-bond acceptors (Lipinski definition) is 3. The third-order valence-corrected chi connectivity index (χ3v) is 4.27. The zero-order valence-electron chi connectivity index (χ0n) is 12.6. The van der Waals surface area contributed by atoms with Gasteiger partial charge in [-0.3, -0.25) is 14.5 Å². The van der Waals surface area contributed by atoms with Crippen LogP contribution < -0.4 is 5.32 Å². The molecule has 1 amide bonds. The first-order valence-electron chi connectivity index (χ1n) is 7.47. The highest BCUT2D eigenvalue weighted by atomic mass is 35.5. The van der Waals surface area contributed by atoms with Crippen LogP contribution in [0.5, 0.6) is 0 Å². The molecule has 1 saturated carbocycles. The molecular weight excluding hydrogens is 304 g/mol. The summed E-state index contributed by atoms with van der Waals surface area (Å²) in [5.74, 6) is -0.938. The van der Waals surface area contributed by atoms with Gasteiger partial charge in [-0.25, -0.2) is 0 Å². The van der Waals surface area contributed by atoms with Crippen LogP contribution in [0.1, 0.15) is 31.7 Å². The Balaban J connectivity index is 1.79. The van der Waals surface area contributed by atoms with Crippen molar-refractivity contribution in [2.75, 3.05) is 6.54 Å². The van der Waals surface area contributed by atoms with Crippen molar-refractivity contribution in [2.45, 2.75) is 44.8 Å². The van der Waals surface area contributed by atoms with Gasteiger partial charge in [0.05, 0.1) is 0 Å². The van der Waals surface area contributed by atoms with Crippen molar-refractivity contribution in [1.29, 1.82) is 0 Å². The van der Waals surface area contributed by atoms with Gasteiger partial charge >= 0.3 is 5.97 Å². The molecule has 0 bridgehead atoms. The summed E-state index contributed by atoms with van der Waals surface area (Å²) in [6, 6.07) is 7.12. The Hall–Kier alpha value is -1.59. The fourth-order valence-corrected chi connectivity index (χ4v) is 2.60. The lowest BCUT2D eigenvalue weighted by atomic mass is 10.2. The van der Waals surface area contributed by atoms with Gasteiger partial charge in [0, 0.05) is 30.6 Å². The average molecular weight is 325 g/mol. The van der Waals surface area contributed by atoms with Crippen LogP contribution in [0.3, 0.4) is 0 Å². The van der Waals surface area contributed by atoms with E-state index in [4.69, 9.17) is 16.7 Å². The van der Waals surface area contributed by atoms with Crippen LogP contribution in [-0.2, 0) is 16.1 Å². The number of benzene rings is 1. The third kappa shape index (κ3) is 4.71. The molecule has 120 valence electrons. The Bertz CT molecular complexity index is 546. The van der Waals surface area contributed by atoms with Crippen LogP contribution in [0.15, 0.2) is 24.3 Å². The minimum atomic E-state index is -0.844. The standard InChI is InChI=1S/C16H21ClN2O3/c1-11(16(21)22)19(13-6-7-13)9-8-15(20)18-10-12-4-2-3-5-14(12)17/h2-5,11,13H,6-10H2,1H3,(H,18,20)(H,21,22). The fourth-order valence-electron chi connectivity index (χ4n) is 2.40. The molecule has 6 heteroatoms. The lowest BCUT2D eigenvalue weighted by Crippen LogP contribution is -2.42. The van der Waals surface area contributed by atoms with Gasteiger partial charge in [-0.2, -0.15) is 0 Å². The summed E-state index contributed by atoms with van der Waals surface area (Å²) in [5.41, 5.74) is 0.871. The van der Waals surface area contributed by atoms with E-state index in [0.29, 0.717) is 30.6 Å². The summed E-state index contributed by atoms with van der Waals surface area (Å²) >= 11 is 6.04. The number of hydrogen-bond donors (Lipinski definition) is 2.